The topological polar surface area (TPSA) is 55.1 Å². The fraction of sp³-hybridized carbons (Fsp3) is 0.933. The Bertz CT molecular complexity index is 246. The van der Waals surface area contributed by atoms with Gasteiger partial charge in [-0.25, -0.2) is 0 Å². The van der Waals surface area contributed by atoms with Crippen LogP contribution in [0.15, 0.2) is 0 Å². The predicted molar refractivity (Wildman–Crippen MR) is 84.5 cm³/mol. The number of carbonyl (C=O) groups is 1. The summed E-state index contributed by atoms with van der Waals surface area (Å²) in [5.74, 6) is 1.44. The van der Waals surface area contributed by atoms with Crippen molar-refractivity contribution in [2.24, 2.45) is 5.73 Å². The molecule has 0 radical (unpaired) electrons. The SMILES string of the molecule is CCSC1CCCC(NC(=O)CCCCCCN)C1. The molecule has 2 unspecified atom stereocenters. The van der Waals surface area contributed by atoms with Crippen LogP contribution in [0.4, 0.5) is 0 Å². The van der Waals surface area contributed by atoms with Crippen molar-refractivity contribution in [3.8, 4) is 0 Å². The van der Waals surface area contributed by atoms with Crippen molar-refractivity contribution < 1.29 is 4.79 Å². The lowest BCUT2D eigenvalue weighted by Crippen LogP contribution is -2.39. The Balaban J connectivity index is 2.10. The third-order valence-corrected chi connectivity index (χ3v) is 4.98. The maximum absolute atomic E-state index is 11.9. The van der Waals surface area contributed by atoms with E-state index in [1.807, 2.05) is 11.8 Å². The van der Waals surface area contributed by atoms with Crippen LogP contribution in [0, 0.1) is 0 Å². The Morgan fingerprint density at radius 1 is 1.26 bits per heavy atom. The Morgan fingerprint density at radius 3 is 2.79 bits per heavy atom. The van der Waals surface area contributed by atoms with Gasteiger partial charge in [0.2, 0.25) is 5.91 Å². The first kappa shape index (κ1) is 16.8. The molecule has 3 N–H and O–H groups in total. The van der Waals surface area contributed by atoms with Gasteiger partial charge in [-0.3, -0.25) is 4.79 Å². The van der Waals surface area contributed by atoms with Crippen LogP contribution < -0.4 is 11.1 Å². The van der Waals surface area contributed by atoms with E-state index in [1.54, 1.807) is 0 Å². The lowest BCUT2D eigenvalue weighted by molar-refractivity contribution is -0.122. The minimum absolute atomic E-state index is 0.250. The molecule has 1 rings (SSSR count). The summed E-state index contributed by atoms with van der Waals surface area (Å²) < 4.78 is 0. The van der Waals surface area contributed by atoms with Crippen LogP contribution in [0.2, 0.25) is 0 Å². The summed E-state index contributed by atoms with van der Waals surface area (Å²) in [6.45, 7) is 2.99. The first-order valence-electron chi connectivity index (χ1n) is 7.87. The molecule has 1 aliphatic rings. The Morgan fingerprint density at radius 2 is 2.05 bits per heavy atom. The number of hydrogen-bond donors (Lipinski definition) is 2. The van der Waals surface area contributed by atoms with E-state index in [4.69, 9.17) is 5.73 Å². The van der Waals surface area contributed by atoms with Crippen molar-refractivity contribution in [1.29, 1.82) is 0 Å². The first-order valence-corrected chi connectivity index (χ1v) is 8.92. The van der Waals surface area contributed by atoms with E-state index < -0.39 is 0 Å². The largest absolute Gasteiger partial charge is 0.353 e. The number of hydrogen-bond acceptors (Lipinski definition) is 3. The van der Waals surface area contributed by atoms with Crippen molar-refractivity contribution in [3.63, 3.8) is 0 Å². The highest BCUT2D eigenvalue weighted by Gasteiger charge is 2.22. The van der Waals surface area contributed by atoms with Crippen molar-refractivity contribution in [1.82, 2.24) is 5.32 Å². The van der Waals surface area contributed by atoms with Gasteiger partial charge in [0.1, 0.15) is 0 Å². The number of nitrogens with one attached hydrogen (secondary N) is 1. The molecule has 0 saturated heterocycles. The Kier molecular flexibility index (Phi) is 9.35. The molecule has 1 fully saturated rings. The molecule has 0 aliphatic heterocycles. The minimum Gasteiger partial charge on any atom is -0.353 e. The third-order valence-electron chi connectivity index (χ3n) is 3.75. The molecule has 0 aromatic rings. The fourth-order valence-electron chi connectivity index (χ4n) is 2.75. The van der Waals surface area contributed by atoms with Crippen LogP contribution in [0.1, 0.15) is 64.7 Å². The van der Waals surface area contributed by atoms with Crippen LogP contribution in [0.25, 0.3) is 0 Å². The molecule has 0 bridgehead atoms. The summed E-state index contributed by atoms with van der Waals surface area (Å²) in [6, 6.07) is 0.425. The van der Waals surface area contributed by atoms with Gasteiger partial charge in [-0.15, -0.1) is 0 Å². The second-order valence-corrected chi connectivity index (χ2v) is 7.04. The maximum atomic E-state index is 11.9. The highest BCUT2D eigenvalue weighted by atomic mass is 32.2. The van der Waals surface area contributed by atoms with Gasteiger partial charge in [0.05, 0.1) is 0 Å². The molecule has 1 aliphatic carbocycles. The van der Waals surface area contributed by atoms with Gasteiger partial charge < -0.3 is 11.1 Å². The molecular formula is C15H30N2OS. The summed E-state index contributed by atoms with van der Waals surface area (Å²) in [5.41, 5.74) is 5.45. The smallest absolute Gasteiger partial charge is 0.220 e. The summed E-state index contributed by atoms with van der Waals surface area (Å²) >= 11 is 2.05. The molecule has 0 heterocycles. The monoisotopic (exact) mass is 286 g/mol. The number of thioether (sulfide) groups is 1. The Hall–Kier alpha value is -0.220. The van der Waals surface area contributed by atoms with Crippen LogP contribution >= 0.6 is 11.8 Å². The second-order valence-electron chi connectivity index (χ2n) is 5.46. The van der Waals surface area contributed by atoms with E-state index in [1.165, 1.54) is 25.0 Å². The van der Waals surface area contributed by atoms with E-state index in [0.717, 1.165) is 43.9 Å². The highest BCUT2D eigenvalue weighted by Crippen LogP contribution is 2.28. The van der Waals surface area contributed by atoms with Gasteiger partial charge in [-0.1, -0.05) is 26.2 Å². The molecule has 1 amide bonds. The van der Waals surface area contributed by atoms with Gasteiger partial charge in [0.25, 0.3) is 0 Å². The van der Waals surface area contributed by atoms with Crippen LogP contribution in [-0.2, 0) is 4.79 Å². The van der Waals surface area contributed by atoms with Crippen LogP contribution in [0.3, 0.4) is 0 Å². The van der Waals surface area contributed by atoms with E-state index in [-0.39, 0.29) is 5.91 Å². The lowest BCUT2D eigenvalue weighted by atomic mass is 9.95. The lowest BCUT2D eigenvalue weighted by Gasteiger charge is -2.29. The first-order chi connectivity index (χ1) is 9.26. The van der Waals surface area contributed by atoms with Gasteiger partial charge >= 0.3 is 0 Å². The zero-order valence-electron chi connectivity index (χ0n) is 12.3. The molecule has 1 saturated carbocycles. The average molecular weight is 286 g/mol. The molecule has 0 aromatic heterocycles. The normalized spacial score (nSPS) is 23.3. The molecule has 0 spiro atoms. The molecule has 3 nitrogen and oxygen atoms in total. The van der Waals surface area contributed by atoms with E-state index in [9.17, 15) is 4.79 Å². The van der Waals surface area contributed by atoms with Gasteiger partial charge in [-0.05, 0) is 44.4 Å². The summed E-state index contributed by atoms with van der Waals surface area (Å²) in [7, 11) is 0. The number of nitrogens with two attached hydrogens (primary N) is 1. The molecule has 0 aromatic carbocycles. The van der Waals surface area contributed by atoms with E-state index in [0.29, 0.717) is 12.5 Å². The molecule has 4 heteroatoms. The summed E-state index contributed by atoms with van der Waals surface area (Å²) in [6.07, 6.45) is 9.98. The van der Waals surface area contributed by atoms with Crippen molar-refractivity contribution in [2.75, 3.05) is 12.3 Å². The standard InChI is InChI=1S/C15H30N2OS/c1-2-19-14-9-7-8-13(12-14)17-15(18)10-5-3-4-6-11-16/h13-14H,2-12,16H2,1H3,(H,17,18). The predicted octanol–water partition coefficient (Wildman–Crippen LogP) is 3.08. The molecule has 2 atom stereocenters. The number of amides is 1. The Labute approximate surface area is 122 Å². The zero-order valence-corrected chi connectivity index (χ0v) is 13.1. The van der Waals surface area contributed by atoms with E-state index in [2.05, 4.69) is 12.2 Å². The molecule has 19 heavy (non-hydrogen) atoms. The summed E-state index contributed by atoms with van der Waals surface area (Å²) in [5, 5.41) is 3.98. The quantitative estimate of drug-likeness (QED) is 0.640. The zero-order chi connectivity index (χ0) is 13.9. The maximum Gasteiger partial charge on any atom is 0.220 e. The van der Waals surface area contributed by atoms with Gasteiger partial charge in [0.15, 0.2) is 0 Å². The second kappa shape index (κ2) is 10.6. The average Bonchev–Trinajstić information content (AvgIpc) is 2.39. The third kappa shape index (κ3) is 7.83. The fourth-order valence-corrected chi connectivity index (χ4v) is 3.92. The van der Waals surface area contributed by atoms with Crippen LogP contribution in [-0.4, -0.2) is 29.5 Å². The van der Waals surface area contributed by atoms with Gasteiger partial charge in [0, 0.05) is 17.7 Å². The van der Waals surface area contributed by atoms with Crippen LogP contribution in [0.5, 0.6) is 0 Å². The minimum atomic E-state index is 0.250. The van der Waals surface area contributed by atoms with Crippen molar-refractivity contribution >= 4 is 17.7 Å². The van der Waals surface area contributed by atoms with Crippen molar-refractivity contribution in [2.45, 2.75) is 76.0 Å². The number of rotatable bonds is 9. The van der Waals surface area contributed by atoms with Crippen molar-refractivity contribution in [3.05, 3.63) is 0 Å². The molecule has 112 valence electrons. The summed E-state index contributed by atoms with van der Waals surface area (Å²) in [4.78, 5) is 11.9. The van der Waals surface area contributed by atoms with E-state index >= 15 is 0 Å². The highest BCUT2D eigenvalue weighted by molar-refractivity contribution is 7.99. The number of unbranched alkanes of at least 4 members (excludes halogenated alkanes) is 3. The van der Waals surface area contributed by atoms with Gasteiger partial charge in [-0.2, -0.15) is 11.8 Å². The molecular weight excluding hydrogens is 256 g/mol. The number of carbonyl (C=O) groups excluding carboxylic acids is 1.